The van der Waals surface area contributed by atoms with E-state index in [-0.39, 0.29) is 5.82 Å². The number of nitrogens with zero attached hydrogens (tertiary/aromatic N) is 1. The number of pyridine rings is 1. The van der Waals surface area contributed by atoms with Gasteiger partial charge >= 0.3 is 0 Å². The Morgan fingerprint density at radius 1 is 1.32 bits per heavy atom. The monoisotopic (exact) mass is 280 g/mol. The molecule has 19 heavy (non-hydrogen) atoms. The summed E-state index contributed by atoms with van der Waals surface area (Å²) in [6.45, 7) is 0.595. The number of hydrogen-bond acceptors (Lipinski definition) is 3. The summed E-state index contributed by atoms with van der Waals surface area (Å²) in [7, 11) is 1.63. The van der Waals surface area contributed by atoms with E-state index in [1.807, 2.05) is 24.3 Å². The van der Waals surface area contributed by atoms with Crippen LogP contribution in [0.4, 0.5) is 10.2 Å². The lowest BCUT2D eigenvalue weighted by Gasteiger charge is -2.07. The third-order valence-corrected chi connectivity index (χ3v) is 2.88. The lowest BCUT2D eigenvalue weighted by Crippen LogP contribution is -2.07. The summed E-state index contributed by atoms with van der Waals surface area (Å²) in [6.07, 6.45) is 2.19. The van der Waals surface area contributed by atoms with Crippen LogP contribution in [0.3, 0.4) is 0 Å². The van der Waals surface area contributed by atoms with Gasteiger partial charge in [-0.1, -0.05) is 23.7 Å². The highest BCUT2D eigenvalue weighted by atomic mass is 35.5. The van der Waals surface area contributed by atoms with E-state index in [1.165, 1.54) is 12.3 Å². The molecule has 0 aliphatic carbocycles. The zero-order valence-corrected chi connectivity index (χ0v) is 11.2. The Balaban J connectivity index is 1.88. The molecule has 0 spiro atoms. The number of rotatable bonds is 5. The molecule has 5 heteroatoms. The number of ether oxygens (including phenoxy) is 1. The Morgan fingerprint density at radius 3 is 2.68 bits per heavy atom. The van der Waals surface area contributed by atoms with E-state index in [0.29, 0.717) is 11.6 Å². The van der Waals surface area contributed by atoms with Gasteiger partial charge in [-0.05, 0) is 30.2 Å². The maximum absolute atomic E-state index is 13.4. The fourth-order valence-corrected chi connectivity index (χ4v) is 1.81. The minimum absolute atomic E-state index is 0.220. The Labute approximate surface area is 116 Å². The highest BCUT2D eigenvalue weighted by Gasteiger charge is 2.03. The normalized spacial score (nSPS) is 10.3. The maximum Gasteiger partial charge on any atom is 0.166 e. The first-order valence-electron chi connectivity index (χ1n) is 5.87. The molecule has 1 heterocycles. The van der Waals surface area contributed by atoms with Gasteiger partial charge in [0.05, 0.1) is 12.1 Å². The summed E-state index contributed by atoms with van der Waals surface area (Å²) in [4.78, 5) is 3.90. The summed E-state index contributed by atoms with van der Waals surface area (Å²) < 4.78 is 18.5. The third kappa shape index (κ3) is 3.83. The van der Waals surface area contributed by atoms with Crippen molar-refractivity contribution in [2.75, 3.05) is 19.0 Å². The molecule has 0 saturated heterocycles. The molecule has 2 rings (SSSR count). The summed E-state index contributed by atoms with van der Waals surface area (Å²) in [5, 5.41) is 3.23. The molecule has 0 amide bonds. The number of benzene rings is 1. The van der Waals surface area contributed by atoms with Crippen LogP contribution in [0.15, 0.2) is 36.5 Å². The molecular weight excluding hydrogens is 267 g/mol. The van der Waals surface area contributed by atoms with E-state index < -0.39 is 5.82 Å². The maximum atomic E-state index is 13.4. The predicted octanol–water partition coefficient (Wildman–Crippen LogP) is 3.54. The molecule has 100 valence electrons. The average Bonchev–Trinajstić information content (AvgIpc) is 2.42. The zero-order valence-electron chi connectivity index (χ0n) is 10.5. The van der Waals surface area contributed by atoms with Gasteiger partial charge in [0.1, 0.15) is 5.75 Å². The van der Waals surface area contributed by atoms with Crippen LogP contribution in [-0.4, -0.2) is 18.6 Å². The van der Waals surface area contributed by atoms with Crippen molar-refractivity contribution in [2.24, 2.45) is 0 Å². The number of anilines is 1. The Morgan fingerprint density at radius 2 is 2.05 bits per heavy atom. The highest BCUT2D eigenvalue weighted by molar-refractivity contribution is 6.30. The zero-order chi connectivity index (χ0) is 13.7. The Bertz CT molecular complexity index is 546. The summed E-state index contributed by atoms with van der Waals surface area (Å²) >= 11 is 5.63. The minimum Gasteiger partial charge on any atom is -0.497 e. The lowest BCUT2D eigenvalue weighted by molar-refractivity contribution is 0.414. The van der Waals surface area contributed by atoms with Crippen LogP contribution in [0.1, 0.15) is 5.56 Å². The molecule has 0 atom stereocenters. The van der Waals surface area contributed by atoms with Crippen LogP contribution in [0, 0.1) is 5.82 Å². The molecule has 0 radical (unpaired) electrons. The number of aromatic nitrogens is 1. The van der Waals surface area contributed by atoms with E-state index in [1.54, 1.807) is 7.11 Å². The molecule has 0 aliphatic heterocycles. The molecule has 0 aliphatic rings. The van der Waals surface area contributed by atoms with E-state index in [9.17, 15) is 4.39 Å². The predicted molar refractivity (Wildman–Crippen MR) is 74.4 cm³/mol. The third-order valence-electron chi connectivity index (χ3n) is 2.67. The minimum atomic E-state index is -0.442. The Kier molecular flexibility index (Phi) is 4.58. The van der Waals surface area contributed by atoms with Gasteiger partial charge in [0.2, 0.25) is 0 Å². The van der Waals surface area contributed by atoms with E-state index in [2.05, 4.69) is 10.3 Å². The van der Waals surface area contributed by atoms with Crippen LogP contribution in [0.2, 0.25) is 5.02 Å². The lowest BCUT2D eigenvalue weighted by atomic mass is 10.1. The molecule has 0 bridgehead atoms. The molecule has 0 unspecified atom stereocenters. The van der Waals surface area contributed by atoms with Gasteiger partial charge in [-0.2, -0.15) is 0 Å². The first-order valence-corrected chi connectivity index (χ1v) is 6.24. The molecule has 0 saturated carbocycles. The van der Waals surface area contributed by atoms with Crippen LogP contribution in [-0.2, 0) is 6.42 Å². The highest BCUT2D eigenvalue weighted by Crippen LogP contribution is 2.16. The molecular formula is C14H14ClFN2O. The first kappa shape index (κ1) is 13.6. The van der Waals surface area contributed by atoms with Gasteiger partial charge < -0.3 is 10.1 Å². The fourth-order valence-electron chi connectivity index (χ4n) is 1.66. The number of hydrogen-bond donors (Lipinski definition) is 1. The quantitative estimate of drug-likeness (QED) is 0.910. The van der Waals surface area contributed by atoms with Crippen LogP contribution in [0.25, 0.3) is 0 Å². The van der Waals surface area contributed by atoms with Gasteiger partial charge in [0.15, 0.2) is 11.6 Å². The Hall–Kier alpha value is -1.81. The van der Waals surface area contributed by atoms with E-state index in [4.69, 9.17) is 16.3 Å². The van der Waals surface area contributed by atoms with Crippen molar-refractivity contribution in [1.82, 2.24) is 4.98 Å². The van der Waals surface area contributed by atoms with Gasteiger partial charge in [-0.15, -0.1) is 0 Å². The van der Waals surface area contributed by atoms with Crippen LogP contribution in [0.5, 0.6) is 5.75 Å². The van der Waals surface area contributed by atoms with Crippen molar-refractivity contribution in [3.05, 3.63) is 52.9 Å². The molecule has 1 aromatic carbocycles. The topological polar surface area (TPSA) is 34.1 Å². The largest absolute Gasteiger partial charge is 0.497 e. The van der Waals surface area contributed by atoms with Crippen molar-refractivity contribution in [3.63, 3.8) is 0 Å². The molecule has 2 aromatic rings. The van der Waals surface area contributed by atoms with Crippen molar-refractivity contribution in [2.45, 2.75) is 6.42 Å². The summed E-state index contributed by atoms with van der Waals surface area (Å²) in [5.41, 5.74) is 1.14. The van der Waals surface area contributed by atoms with Crippen molar-refractivity contribution in [1.29, 1.82) is 0 Å². The second-order valence-corrected chi connectivity index (χ2v) is 4.45. The van der Waals surface area contributed by atoms with Crippen LogP contribution >= 0.6 is 11.6 Å². The summed E-state index contributed by atoms with van der Waals surface area (Å²) in [6, 6.07) is 9.00. The summed E-state index contributed by atoms with van der Waals surface area (Å²) in [5.74, 6) is 0.599. The number of halogens is 2. The van der Waals surface area contributed by atoms with Crippen molar-refractivity contribution < 1.29 is 9.13 Å². The van der Waals surface area contributed by atoms with E-state index >= 15 is 0 Å². The second-order valence-electron chi connectivity index (χ2n) is 4.01. The van der Waals surface area contributed by atoms with Crippen molar-refractivity contribution >= 4 is 17.4 Å². The molecule has 0 fully saturated rings. The number of nitrogens with one attached hydrogen (secondary N) is 1. The average molecular weight is 281 g/mol. The molecule has 1 aromatic heterocycles. The molecule has 1 N–H and O–H groups in total. The van der Waals surface area contributed by atoms with Gasteiger partial charge in [0, 0.05) is 12.7 Å². The number of methoxy groups -OCH3 is 1. The van der Waals surface area contributed by atoms with Gasteiger partial charge in [0.25, 0.3) is 0 Å². The van der Waals surface area contributed by atoms with Crippen LogP contribution < -0.4 is 10.1 Å². The van der Waals surface area contributed by atoms with E-state index in [0.717, 1.165) is 17.7 Å². The fraction of sp³-hybridized carbons (Fsp3) is 0.214. The smallest absolute Gasteiger partial charge is 0.166 e. The standard InChI is InChI=1S/C14H14ClFN2O/c1-19-12-4-2-10(3-5-12)6-7-17-14-13(16)8-11(15)9-18-14/h2-5,8-9H,6-7H2,1H3,(H,17,18). The molecule has 3 nitrogen and oxygen atoms in total. The SMILES string of the molecule is COc1ccc(CCNc2ncc(Cl)cc2F)cc1. The van der Waals surface area contributed by atoms with Crippen molar-refractivity contribution in [3.8, 4) is 5.75 Å². The van der Waals surface area contributed by atoms with Gasteiger partial charge in [-0.25, -0.2) is 9.37 Å². The second kappa shape index (κ2) is 6.38. The first-order chi connectivity index (χ1) is 9.19. The van der Waals surface area contributed by atoms with Gasteiger partial charge in [-0.3, -0.25) is 0 Å².